The van der Waals surface area contributed by atoms with Gasteiger partial charge in [-0.2, -0.15) is 0 Å². The van der Waals surface area contributed by atoms with Gasteiger partial charge in [0.1, 0.15) is 18.9 Å². The summed E-state index contributed by atoms with van der Waals surface area (Å²) in [7, 11) is -3.89. The molecule has 1 amide bonds. The van der Waals surface area contributed by atoms with Crippen molar-refractivity contribution in [2.75, 3.05) is 24.0 Å². The number of benzene rings is 3. The van der Waals surface area contributed by atoms with E-state index >= 15 is 0 Å². The van der Waals surface area contributed by atoms with Crippen LogP contribution in [0.15, 0.2) is 83.8 Å². The fraction of sp³-hybridized carbons (Fsp3) is 0.208. The first kappa shape index (κ1) is 22.4. The molecule has 0 atom stereocenters. The van der Waals surface area contributed by atoms with Gasteiger partial charge in [-0.25, -0.2) is 8.42 Å². The van der Waals surface area contributed by atoms with E-state index in [0.29, 0.717) is 5.69 Å². The zero-order valence-corrected chi connectivity index (χ0v) is 18.4. The number of nitrogens with one attached hydrogen (secondary N) is 1. The van der Waals surface area contributed by atoms with Gasteiger partial charge in [-0.05, 0) is 61.4 Å². The normalized spacial score (nSPS) is 11.0. The summed E-state index contributed by atoms with van der Waals surface area (Å²) in [5.74, 6) is 0.330. The van der Waals surface area contributed by atoms with Crippen LogP contribution in [0, 0.1) is 13.8 Å². The molecule has 0 spiro atoms. The highest BCUT2D eigenvalue weighted by molar-refractivity contribution is 7.92. The van der Waals surface area contributed by atoms with Crippen LogP contribution in [0.4, 0.5) is 5.69 Å². The third-order valence-electron chi connectivity index (χ3n) is 4.55. The first-order valence-electron chi connectivity index (χ1n) is 9.97. The second kappa shape index (κ2) is 10.1. The van der Waals surface area contributed by atoms with Gasteiger partial charge in [-0.1, -0.05) is 42.5 Å². The second-order valence-electron chi connectivity index (χ2n) is 7.18. The molecular formula is C24H26N2O4S. The summed E-state index contributed by atoms with van der Waals surface area (Å²) < 4.78 is 33.1. The highest BCUT2D eigenvalue weighted by atomic mass is 32.2. The zero-order valence-electron chi connectivity index (χ0n) is 17.6. The van der Waals surface area contributed by atoms with Gasteiger partial charge in [0, 0.05) is 0 Å². The average molecular weight is 439 g/mol. The summed E-state index contributed by atoms with van der Waals surface area (Å²) in [5, 5.41) is 2.74. The molecule has 162 valence electrons. The number of aryl methyl sites for hydroxylation is 2. The van der Waals surface area contributed by atoms with E-state index in [1.165, 1.54) is 12.1 Å². The van der Waals surface area contributed by atoms with Crippen LogP contribution in [0.1, 0.15) is 11.1 Å². The molecule has 3 rings (SSSR count). The number of carbonyl (C=O) groups is 1. The number of hydrogen-bond acceptors (Lipinski definition) is 4. The first-order chi connectivity index (χ1) is 14.9. The smallest absolute Gasteiger partial charge is 0.264 e. The van der Waals surface area contributed by atoms with E-state index in [-0.39, 0.29) is 24.6 Å². The van der Waals surface area contributed by atoms with Crippen molar-refractivity contribution in [1.82, 2.24) is 5.32 Å². The molecule has 0 unspecified atom stereocenters. The van der Waals surface area contributed by atoms with Crippen molar-refractivity contribution in [3.63, 3.8) is 0 Å². The van der Waals surface area contributed by atoms with Crippen LogP contribution in [-0.4, -0.2) is 34.0 Å². The van der Waals surface area contributed by atoms with Crippen LogP contribution in [0.5, 0.6) is 5.75 Å². The minimum Gasteiger partial charge on any atom is -0.492 e. The molecule has 0 saturated carbocycles. The summed E-state index contributed by atoms with van der Waals surface area (Å²) in [5.41, 5.74) is 2.63. The maximum Gasteiger partial charge on any atom is 0.264 e. The summed E-state index contributed by atoms with van der Waals surface area (Å²) >= 11 is 0. The lowest BCUT2D eigenvalue weighted by Gasteiger charge is -2.24. The highest BCUT2D eigenvalue weighted by Crippen LogP contribution is 2.23. The van der Waals surface area contributed by atoms with Gasteiger partial charge in [0.05, 0.1) is 17.1 Å². The molecule has 0 bridgehead atoms. The molecule has 6 nitrogen and oxygen atoms in total. The summed E-state index contributed by atoms with van der Waals surface area (Å²) in [4.78, 5) is 12.7. The van der Waals surface area contributed by atoms with E-state index in [0.717, 1.165) is 21.2 Å². The third kappa shape index (κ3) is 6.08. The number of para-hydroxylation sites is 1. The Morgan fingerprint density at radius 3 is 2.10 bits per heavy atom. The Hall–Kier alpha value is -3.32. The van der Waals surface area contributed by atoms with Crippen molar-refractivity contribution in [1.29, 1.82) is 0 Å². The van der Waals surface area contributed by atoms with E-state index in [1.807, 2.05) is 26.0 Å². The van der Waals surface area contributed by atoms with Crippen molar-refractivity contribution in [3.8, 4) is 5.75 Å². The lowest BCUT2D eigenvalue weighted by atomic mass is 10.1. The molecule has 3 aromatic rings. The Labute approximate surface area is 183 Å². The maximum absolute atomic E-state index is 13.2. The topological polar surface area (TPSA) is 75.7 Å². The van der Waals surface area contributed by atoms with Crippen molar-refractivity contribution in [3.05, 3.63) is 90.0 Å². The van der Waals surface area contributed by atoms with Crippen molar-refractivity contribution >= 4 is 21.6 Å². The fourth-order valence-electron chi connectivity index (χ4n) is 3.19. The SMILES string of the molecule is Cc1cc(C)cc(OCCNC(=O)CN(c2ccccc2)S(=O)(=O)c2ccccc2)c1. The molecule has 0 saturated heterocycles. The number of amides is 1. The molecule has 0 aromatic heterocycles. The monoisotopic (exact) mass is 438 g/mol. The number of ether oxygens (including phenoxy) is 1. The van der Waals surface area contributed by atoms with E-state index in [2.05, 4.69) is 11.4 Å². The Balaban J connectivity index is 1.65. The van der Waals surface area contributed by atoms with Crippen LogP contribution >= 0.6 is 0 Å². The lowest BCUT2D eigenvalue weighted by Crippen LogP contribution is -2.41. The maximum atomic E-state index is 13.2. The van der Waals surface area contributed by atoms with Crippen LogP contribution in [0.2, 0.25) is 0 Å². The van der Waals surface area contributed by atoms with Crippen LogP contribution in [0.3, 0.4) is 0 Å². The van der Waals surface area contributed by atoms with Gasteiger partial charge >= 0.3 is 0 Å². The van der Waals surface area contributed by atoms with Gasteiger partial charge in [-0.15, -0.1) is 0 Å². The largest absolute Gasteiger partial charge is 0.492 e. The summed E-state index contributed by atoms with van der Waals surface area (Å²) in [6, 6.07) is 22.6. The lowest BCUT2D eigenvalue weighted by molar-refractivity contribution is -0.119. The zero-order chi connectivity index (χ0) is 22.3. The van der Waals surface area contributed by atoms with Gasteiger partial charge in [0.15, 0.2) is 0 Å². The number of hydrogen-bond donors (Lipinski definition) is 1. The van der Waals surface area contributed by atoms with Crippen LogP contribution in [-0.2, 0) is 14.8 Å². The number of sulfonamides is 1. The molecule has 0 aliphatic heterocycles. The average Bonchev–Trinajstić information content (AvgIpc) is 2.75. The molecule has 0 radical (unpaired) electrons. The van der Waals surface area contributed by atoms with E-state index in [1.54, 1.807) is 48.5 Å². The van der Waals surface area contributed by atoms with Gasteiger partial charge in [0.25, 0.3) is 10.0 Å². The quantitative estimate of drug-likeness (QED) is 0.517. The molecule has 0 fully saturated rings. The third-order valence-corrected chi connectivity index (χ3v) is 6.34. The van der Waals surface area contributed by atoms with Crippen molar-refractivity contribution in [2.45, 2.75) is 18.7 Å². The molecule has 3 aromatic carbocycles. The van der Waals surface area contributed by atoms with Crippen molar-refractivity contribution in [2.24, 2.45) is 0 Å². The summed E-state index contributed by atoms with van der Waals surface area (Å²) in [6.07, 6.45) is 0. The van der Waals surface area contributed by atoms with E-state index < -0.39 is 15.9 Å². The fourth-order valence-corrected chi connectivity index (χ4v) is 4.63. The highest BCUT2D eigenvalue weighted by Gasteiger charge is 2.26. The van der Waals surface area contributed by atoms with Crippen LogP contribution < -0.4 is 14.4 Å². The predicted octanol–water partition coefficient (Wildman–Crippen LogP) is 3.69. The molecule has 31 heavy (non-hydrogen) atoms. The Bertz CT molecular complexity index is 1100. The Kier molecular flexibility index (Phi) is 7.31. The van der Waals surface area contributed by atoms with E-state index in [9.17, 15) is 13.2 Å². The summed E-state index contributed by atoms with van der Waals surface area (Å²) in [6.45, 7) is 4.20. The molecule has 0 heterocycles. The van der Waals surface area contributed by atoms with Crippen LogP contribution in [0.25, 0.3) is 0 Å². The molecule has 7 heteroatoms. The van der Waals surface area contributed by atoms with E-state index in [4.69, 9.17) is 4.74 Å². The molecule has 1 N–H and O–H groups in total. The second-order valence-corrected chi connectivity index (χ2v) is 9.04. The number of nitrogens with zero attached hydrogens (tertiary/aromatic N) is 1. The standard InChI is InChI=1S/C24H26N2O4S/c1-19-15-20(2)17-22(16-19)30-14-13-25-24(27)18-26(21-9-5-3-6-10-21)31(28,29)23-11-7-4-8-12-23/h3-12,15-17H,13-14,18H2,1-2H3,(H,25,27). The van der Waals surface area contributed by atoms with Crippen molar-refractivity contribution < 1.29 is 17.9 Å². The Morgan fingerprint density at radius 2 is 1.48 bits per heavy atom. The van der Waals surface area contributed by atoms with Gasteiger partial charge in [-0.3, -0.25) is 9.10 Å². The minimum absolute atomic E-state index is 0.129. The van der Waals surface area contributed by atoms with Gasteiger partial charge < -0.3 is 10.1 Å². The number of carbonyl (C=O) groups excluding carboxylic acids is 1. The first-order valence-corrected chi connectivity index (χ1v) is 11.4. The van der Waals surface area contributed by atoms with Gasteiger partial charge in [0.2, 0.25) is 5.91 Å². The number of rotatable bonds is 9. The Morgan fingerprint density at radius 1 is 0.903 bits per heavy atom. The minimum atomic E-state index is -3.89. The molecule has 0 aliphatic carbocycles. The number of anilines is 1. The molecular weight excluding hydrogens is 412 g/mol. The predicted molar refractivity (Wildman–Crippen MR) is 122 cm³/mol. The molecule has 0 aliphatic rings.